The molecule has 0 aliphatic carbocycles. The highest BCUT2D eigenvalue weighted by Gasteiger charge is 2.30. The summed E-state index contributed by atoms with van der Waals surface area (Å²) in [6.45, 7) is 8.29. The van der Waals surface area contributed by atoms with Gasteiger partial charge in [-0.3, -0.25) is 9.69 Å². The molecule has 1 fully saturated rings. The Morgan fingerprint density at radius 1 is 0.926 bits per heavy atom. The monoisotopic (exact) mass is 363 g/mol. The Hall–Kier alpha value is -2.17. The third-order valence-corrected chi connectivity index (χ3v) is 5.83. The first-order valence-corrected chi connectivity index (χ1v) is 10.1. The minimum absolute atomic E-state index is 0.263. The van der Waals surface area contributed by atoms with Gasteiger partial charge in [0.25, 0.3) is 0 Å². The Morgan fingerprint density at radius 2 is 1.59 bits per heavy atom. The number of amides is 1. The number of nitrogens with zero attached hydrogens (tertiary/aromatic N) is 3. The van der Waals surface area contributed by atoms with Crippen LogP contribution in [0.2, 0.25) is 0 Å². The summed E-state index contributed by atoms with van der Waals surface area (Å²) in [6.07, 6.45) is 1.58. The van der Waals surface area contributed by atoms with Gasteiger partial charge in [0.1, 0.15) is 0 Å². The molecule has 4 nitrogen and oxygen atoms in total. The van der Waals surface area contributed by atoms with Crippen LogP contribution < -0.4 is 4.90 Å². The van der Waals surface area contributed by atoms with Crippen LogP contribution in [0.5, 0.6) is 0 Å². The van der Waals surface area contributed by atoms with Crippen molar-refractivity contribution in [3.8, 4) is 0 Å². The maximum absolute atomic E-state index is 12.9. The molecule has 142 valence electrons. The topological polar surface area (TPSA) is 26.8 Å². The number of hydrogen-bond donors (Lipinski definition) is 0. The summed E-state index contributed by atoms with van der Waals surface area (Å²) in [5.74, 6) is 0.263. The fourth-order valence-electron chi connectivity index (χ4n) is 4.33. The Labute approximate surface area is 162 Å². The number of piperazine rings is 1. The van der Waals surface area contributed by atoms with Gasteiger partial charge in [-0.2, -0.15) is 0 Å². The van der Waals surface area contributed by atoms with Crippen molar-refractivity contribution >= 4 is 11.6 Å². The molecular formula is C23H29N3O. The highest BCUT2D eigenvalue weighted by Crippen LogP contribution is 2.32. The maximum atomic E-state index is 12.9. The van der Waals surface area contributed by atoms with Crippen LogP contribution in [0, 0.1) is 0 Å². The molecule has 0 N–H and O–H groups in total. The highest BCUT2D eigenvalue weighted by atomic mass is 16.2. The van der Waals surface area contributed by atoms with E-state index < -0.39 is 0 Å². The van der Waals surface area contributed by atoms with Gasteiger partial charge in [0.15, 0.2) is 0 Å². The lowest BCUT2D eigenvalue weighted by Gasteiger charge is -2.35. The van der Waals surface area contributed by atoms with Crippen molar-refractivity contribution in [1.29, 1.82) is 0 Å². The van der Waals surface area contributed by atoms with Gasteiger partial charge in [-0.1, -0.05) is 48.5 Å². The summed E-state index contributed by atoms with van der Waals surface area (Å²) in [6, 6.07) is 19.3. The molecule has 2 heterocycles. The molecule has 0 bridgehead atoms. The molecule has 1 atom stereocenters. The van der Waals surface area contributed by atoms with Gasteiger partial charge in [-0.25, -0.2) is 0 Å². The smallest absolute Gasteiger partial charge is 0.228 e. The van der Waals surface area contributed by atoms with E-state index in [1.54, 1.807) is 0 Å². The molecule has 4 heteroatoms. The van der Waals surface area contributed by atoms with E-state index >= 15 is 0 Å². The molecule has 0 spiro atoms. The second-order valence-corrected chi connectivity index (χ2v) is 7.80. The first kappa shape index (κ1) is 18.2. The van der Waals surface area contributed by atoms with Crippen molar-refractivity contribution in [2.75, 3.05) is 37.6 Å². The number of carbonyl (C=O) groups excluding carboxylic acids is 1. The molecule has 4 rings (SSSR count). The highest BCUT2D eigenvalue weighted by molar-refractivity contribution is 5.96. The predicted molar refractivity (Wildman–Crippen MR) is 110 cm³/mol. The minimum Gasteiger partial charge on any atom is -0.309 e. The summed E-state index contributed by atoms with van der Waals surface area (Å²) in [4.78, 5) is 19.8. The van der Waals surface area contributed by atoms with E-state index in [1.807, 2.05) is 11.0 Å². The Bertz CT molecular complexity index is 768. The lowest BCUT2D eigenvalue weighted by atomic mass is 10.1. The van der Waals surface area contributed by atoms with Crippen molar-refractivity contribution in [2.45, 2.75) is 32.4 Å². The van der Waals surface area contributed by atoms with Gasteiger partial charge >= 0.3 is 0 Å². The number of para-hydroxylation sites is 1. The van der Waals surface area contributed by atoms with Crippen LogP contribution in [0.15, 0.2) is 54.6 Å². The molecule has 0 saturated carbocycles. The Kier molecular flexibility index (Phi) is 5.55. The largest absolute Gasteiger partial charge is 0.309 e. The van der Waals surface area contributed by atoms with E-state index in [-0.39, 0.29) is 11.9 Å². The standard InChI is InChI=1S/C23H29N3O/c1-19-17-21-9-5-6-10-22(21)26(19)23(27)11-12-24-13-15-25(16-14-24)18-20-7-3-2-4-8-20/h2-10,19H,11-18H2,1H3. The minimum atomic E-state index is 0.263. The number of fused-ring (bicyclic) bond motifs is 1. The van der Waals surface area contributed by atoms with Crippen molar-refractivity contribution in [1.82, 2.24) is 9.80 Å². The lowest BCUT2D eigenvalue weighted by Crippen LogP contribution is -2.47. The number of benzene rings is 2. The number of rotatable bonds is 5. The SMILES string of the molecule is CC1Cc2ccccc2N1C(=O)CCN1CCN(Cc2ccccc2)CC1. The van der Waals surface area contributed by atoms with Crippen LogP contribution in [0.4, 0.5) is 5.69 Å². The van der Waals surface area contributed by atoms with E-state index in [9.17, 15) is 4.79 Å². The van der Waals surface area contributed by atoms with Gasteiger partial charge in [0.2, 0.25) is 5.91 Å². The van der Waals surface area contributed by atoms with Gasteiger partial charge in [-0.05, 0) is 30.5 Å². The summed E-state index contributed by atoms with van der Waals surface area (Å²) < 4.78 is 0. The summed E-state index contributed by atoms with van der Waals surface area (Å²) in [7, 11) is 0. The summed E-state index contributed by atoms with van der Waals surface area (Å²) >= 11 is 0. The zero-order valence-electron chi connectivity index (χ0n) is 16.2. The van der Waals surface area contributed by atoms with Gasteiger partial charge in [0, 0.05) is 57.4 Å². The van der Waals surface area contributed by atoms with Crippen LogP contribution in [0.3, 0.4) is 0 Å². The lowest BCUT2D eigenvalue weighted by molar-refractivity contribution is -0.119. The average Bonchev–Trinajstić information content (AvgIpc) is 3.04. The fraction of sp³-hybridized carbons (Fsp3) is 0.435. The van der Waals surface area contributed by atoms with Crippen LogP contribution in [-0.4, -0.2) is 54.5 Å². The van der Waals surface area contributed by atoms with E-state index in [0.29, 0.717) is 6.42 Å². The molecule has 2 aliphatic heterocycles. The first-order valence-electron chi connectivity index (χ1n) is 10.1. The molecule has 27 heavy (non-hydrogen) atoms. The summed E-state index contributed by atoms with van der Waals surface area (Å²) in [5.41, 5.74) is 3.79. The number of carbonyl (C=O) groups is 1. The molecule has 0 radical (unpaired) electrons. The molecule has 1 unspecified atom stereocenters. The third kappa shape index (κ3) is 4.23. The predicted octanol–water partition coefficient (Wildman–Crippen LogP) is 3.17. The average molecular weight is 364 g/mol. The third-order valence-electron chi connectivity index (χ3n) is 5.83. The second-order valence-electron chi connectivity index (χ2n) is 7.80. The molecule has 2 aromatic rings. The quantitative estimate of drug-likeness (QED) is 0.816. The van der Waals surface area contributed by atoms with Crippen LogP contribution in [0.25, 0.3) is 0 Å². The van der Waals surface area contributed by atoms with Crippen LogP contribution in [0.1, 0.15) is 24.5 Å². The first-order chi connectivity index (χ1) is 13.2. The molecule has 1 amide bonds. The molecule has 0 aromatic heterocycles. The molecule has 2 aliphatic rings. The Morgan fingerprint density at radius 3 is 2.37 bits per heavy atom. The van der Waals surface area contributed by atoms with Crippen molar-refractivity contribution in [3.05, 3.63) is 65.7 Å². The van der Waals surface area contributed by atoms with Crippen molar-refractivity contribution in [2.24, 2.45) is 0 Å². The van der Waals surface area contributed by atoms with Gasteiger partial charge in [0.05, 0.1) is 0 Å². The summed E-state index contributed by atoms with van der Waals surface area (Å²) in [5, 5.41) is 0. The molecule has 1 saturated heterocycles. The normalized spacial score (nSPS) is 20.6. The maximum Gasteiger partial charge on any atom is 0.228 e. The molecular weight excluding hydrogens is 334 g/mol. The second kappa shape index (κ2) is 8.24. The Balaban J connectivity index is 1.25. The van der Waals surface area contributed by atoms with E-state index in [4.69, 9.17) is 0 Å². The van der Waals surface area contributed by atoms with Crippen molar-refractivity contribution in [3.63, 3.8) is 0 Å². The van der Waals surface area contributed by atoms with Crippen LogP contribution >= 0.6 is 0 Å². The van der Waals surface area contributed by atoms with Crippen LogP contribution in [-0.2, 0) is 17.8 Å². The van der Waals surface area contributed by atoms with Crippen molar-refractivity contribution < 1.29 is 4.79 Å². The van der Waals surface area contributed by atoms with E-state index in [0.717, 1.165) is 51.4 Å². The van der Waals surface area contributed by atoms with Gasteiger partial charge in [-0.15, -0.1) is 0 Å². The molecule has 2 aromatic carbocycles. The fourth-order valence-corrected chi connectivity index (χ4v) is 4.33. The van der Waals surface area contributed by atoms with Gasteiger partial charge < -0.3 is 9.80 Å². The van der Waals surface area contributed by atoms with E-state index in [2.05, 4.69) is 65.3 Å². The zero-order valence-corrected chi connectivity index (χ0v) is 16.2. The van der Waals surface area contributed by atoms with E-state index in [1.165, 1.54) is 11.1 Å². The zero-order chi connectivity index (χ0) is 18.6. The number of hydrogen-bond acceptors (Lipinski definition) is 3. The number of anilines is 1.